The lowest BCUT2D eigenvalue weighted by Crippen LogP contribution is -2.27. The van der Waals surface area contributed by atoms with Crippen LogP contribution in [0.5, 0.6) is 0 Å². The average molecular weight is 428 g/mol. The van der Waals surface area contributed by atoms with Crippen LogP contribution in [0.25, 0.3) is 0 Å². The van der Waals surface area contributed by atoms with Gasteiger partial charge in [-0.1, -0.05) is 0 Å². The van der Waals surface area contributed by atoms with Crippen molar-refractivity contribution in [2.24, 2.45) is 5.92 Å². The lowest BCUT2D eigenvalue weighted by Gasteiger charge is -2.22. The minimum absolute atomic E-state index is 0.148. The topological polar surface area (TPSA) is 97.3 Å². The van der Waals surface area contributed by atoms with Gasteiger partial charge < -0.3 is 0 Å². The summed E-state index contributed by atoms with van der Waals surface area (Å²) in [5.41, 5.74) is 1.29. The van der Waals surface area contributed by atoms with E-state index in [4.69, 9.17) is 0 Å². The predicted octanol–water partition coefficient (Wildman–Crippen LogP) is 3.54. The Kier molecular flexibility index (Phi) is 5.69. The number of carbonyl (C=O) groups excluding carboxylic acids is 2. The molecule has 8 heteroatoms. The SMILES string of the molecule is Cc1ccc(N(C(=O)CCC2CCC(=O)C2)c2ccc(S(=O)(=O)C3CC3)cc2)nn1. The van der Waals surface area contributed by atoms with Crippen molar-refractivity contribution in [2.75, 3.05) is 4.90 Å². The second-order valence-corrected chi connectivity index (χ2v) is 10.4. The zero-order chi connectivity index (χ0) is 21.3. The highest BCUT2D eigenvalue weighted by molar-refractivity contribution is 7.92. The molecule has 4 rings (SSSR count). The van der Waals surface area contributed by atoms with Crippen molar-refractivity contribution in [2.45, 2.75) is 62.0 Å². The van der Waals surface area contributed by atoms with E-state index in [1.165, 1.54) is 4.90 Å². The molecule has 0 aliphatic heterocycles. The van der Waals surface area contributed by atoms with Gasteiger partial charge in [-0.3, -0.25) is 14.5 Å². The van der Waals surface area contributed by atoms with Gasteiger partial charge >= 0.3 is 0 Å². The molecule has 1 aromatic heterocycles. The molecule has 1 unspecified atom stereocenters. The first-order chi connectivity index (χ1) is 14.3. The Morgan fingerprint density at radius 2 is 1.80 bits per heavy atom. The van der Waals surface area contributed by atoms with Gasteiger partial charge in [0, 0.05) is 19.3 Å². The van der Waals surface area contributed by atoms with Gasteiger partial charge in [-0.25, -0.2) is 8.42 Å². The van der Waals surface area contributed by atoms with Crippen LogP contribution >= 0.6 is 0 Å². The molecular formula is C22H25N3O4S. The minimum atomic E-state index is -3.29. The fourth-order valence-electron chi connectivity index (χ4n) is 3.85. The second kappa shape index (κ2) is 8.26. The lowest BCUT2D eigenvalue weighted by atomic mass is 10.0. The number of hydrogen-bond donors (Lipinski definition) is 0. The number of amides is 1. The Hall–Kier alpha value is -2.61. The molecule has 0 saturated heterocycles. The Bertz CT molecular complexity index is 1040. The lowest BCUT2D eigenvalue weighted by molar-refractivity contribution is -0.119. The molecule has 2 saturated carbocycles. The number of benzene rings is 1. The van der Waals surface area contributed by atoms with E-state index >= 15 is 0 Å². The first-order valence-electron chi connectivity index (χ1n) is 10.3. The number of carbonyl (C=O) groups is 2. The van der Waals surface area contributed by atoms with Crippen LogP contribution in [-0.2, 0) is 19.4 Å². The highest BCUT2D eigenvalue weighted by Crippen LogP contribution is 2.35. The molecule has 158 valence electrons. The van der Waals surface area contributed by atoms with E-state index in [9.17, 15) is 18.0 Å². The number of aromatic nitrogens is 2. The molecule has 1 aromatic carbocycles. The monoisotopic (exact) mass is 427 g/mol. The smallest absolute Gasteiger partial charge is 0.232 e. The summed E-state index contributed by atoms with van der Waals surface area (Å²) < 4.78 is 24.9. The van der Waals surface area contributed by atoms with Crippen LogP contribution in [-0.4, -0.2) is 35.6 Å². The first-order valence-corrected chi connectivity index (χ1v) is 11.9. The molecule has 2 aliphatic carbocycles. The van der Waals surface area contributed by atoms with E-state index in [1.807, 2.05) is 6.92 Å². The Morgan fingerprint density at radius 3 is 2.37 bits per heavy atom. The molecule has 0 spiro atoms. The summed E-state index contributed by atoms with van der Waals surface area (Å²) in [7, 11) is -3.29. The number of sulfone groups is 1. The van der Waals surface area contributed by atoms with E-state index < -0.39 is 9.84 Å². The van der Waals surface area contributed by atoms with E-state index in [0.717, 1.165) is 12.1 Å². The normalized spacial score (nSPS) is 19.1. The molecule has 2 aliphatic rings. The summed E-state index contributed by atoms with van der Waals surface area (Å²) >= 11 is 0. The molecule has 0 radical (unpaired) electrons. The van der Waals surface area contributed by atoms with Crippen molar-refractivity contribution in [3.8, 4) is 0 Å². The summed E-state index contributed by atoms with van der Waals surface area (Å²) in [5.74, 6) is 0.760. The van der Waals surface area contributed by atoms with Crippen LogP contribution in [0.2, 0.25) is 0 Å². The maximum Gasteiger partial charge on any atom is 0.232 e. The minimum Gasteiger partial charge on any atom is -0.300 e. The van der Waals surface area contributed by atoms with E-state index in [2.05, 4.69) is 10.2 Å². The van der Waals surface area contributed by atoms with Crippen molar-refractivity contribution in [3.05, 3.63) is 42.1 Å². The van der Waals surface area contributed by atoms with Gasteiger partial charge in [-0.15, -0.1) is 5.10 Å². The van der Waals surface area contributed by atoms with Gasteiger partial charge in [0.2, 0.25) is 5.91 Å². The molecule has 0 bridgehead atoms. The molecule has 7 nitrogen and oxygen atoms in total. The number of nitrogens with zero attached hydrogens (tertiary/aromatic N) is 3. The summed E-state index contributed by atoms with van der Waals surface area (Å²) in [4.78, 5) is 26.4. The molecule has 1 heterocycles. The van der Waals surface area contributed by atoms with Gasteiger partial charge in [0.1, 0.15) is 5.78 Å². The largest absolute Gasteiger partial charge is 0.300 e. The van der Waals surface area contributed by atoms with Crippen LogP contribution in [0.3, 0.4) is 0 Å². The number of Topliss-reactive ketones (excluding diaryl/α,β-unsaturated/α-hetero) is 1. The molecular weight excluding hydrogens is 402 g/mol. The third-order valence-electron chi connectivity index (χ3n) is 5.76. The zero-order valence-electron chi connectivity index (χ0n) is 17.0. The maximum absolute atomic E-state index is 13.1. The van der Waals surface area contributed by atoms with Crippen molar-refractivity contribution < 1.29 is 18.0 Å². The summed E-state index contributed by atoms with van der Waals surface area (Å²) in [6.45, 7) is 1.82. The van der Waals surface area contributed by atoms with Crippen LogP contribution in [0, 0.1) is 12.8 Å². The van der Waals surface area contributed by atoms with Gasteiger partial charge in [0.25, 0.3) is 0 Å². The molecule has 1 atom stereocenters. The number of ketones is 1. The molecule has 2 aromatic rings. The molecule has 2 fully saturated rings. The van der Waals surface area contributed by atoms with Gasteiger partial charge in [0.05, 0.1) is 21.5 Å². The number of hydrogen-bond acceptors (Lipinski definition) is 6. The van der Waals surface area contributed by atoms with E-state index in [0.29, 0.717) is 43.6 Å². The quantitative estimate of drug-likeness (QED) is 0.670. The molecule has 0 N–H and O–H groups in total. The third kappa shape index (κ3) is 4.43. The molecule has 30 heavy (non-hydrogen) atoms. The third-order valence-corrected chi connectivity index (χ3v) is 8.04. The summed E-state index contributed by atoms with van der Waals surface area (Å²) in [5, 5.41) is 7.94. The van der Waals surface area contributed by atoms with Crippen molar-refractivity contribution in [3.63, 3.8) is 0 Å². The highest BCUT2D eigenvalue weighted by atomic mass is 32.2. The Morgan fingerprint density at radius 1 is 1.07 bits per heavy atom. The van der Waals surface area contributed by atoms with Crippen molar-refractivity contribution in [1.29, 1.82) is 0 Å². The highest BCUT2D eigenvalue weighted by Gasteiger charge is 2.37. The predicted molar refractivity (Wildman–Crippen MR) is 112 cm³/mol. The Balaban J connectivity index is 1.57. The second-order valence-electron chi connectivity index (χ2n) is 8.19. The average Bonchev–Trinajstić information content (AvgIpc) is 3.51. The van der Waals surface area contributed by atoms with Crippen molar-refractivity contribution in [1.82, 2.24) is 10.2 Å². The Labute approximate surface area is 176 Å². The van der Waals surface area contributed by atoms with E-state index in [-0.39, 0.29) is 34.2 Å². The molecule has 1 amide bonds. The fourth-order valence-corrected chi connectivity index (χ4v) is 5.50. The van der Waals surface area contributed by atoms with Crippen LogP contribution < -0.4 is 4.90 Å². The van der Waals surface area contributed by atoms with Gasteiger partial charge in [-0.2, -0.15) is 5.10 Å². The maximum atomic E-state index is 13.1. The van der Waals surface area contributed by atoms with Crippen LogP contribution in [0.15, 0.2) is 41.3 Å². The standard InChI is InChI=1S/C22H25N3O4S/c1-15-2-12-21(24-23-15)25(22(27)13-4-16-3-7-18(26)14-16)17-5-8-19(9-6-17)30(28,29)20-10-11-20/h2,5-6,8-9,12,16,20H,3-4,7,10-11,13-14H2,1H3. The number of rotatable bonds is 7. The zero-order valence-corrected chi connectivity index (χ0v) is 17.8. The summed E-state index contributed by atoms with van der Waals surface area (Å²) in [6, 6.07) is 9.92. The van der Waals surface area contributed by atoms with Crippen LogP contribution in [0.1, 0.15) is 50.6 Å². The van der Waals surface area contributed by atoms with Gasteiger partial charge in [0.15, 0.2) is 15.7 Å². The van der Waals surface area contributed by atoms with Crippen LogP contribution in [0.4, 0.5) is 11.5 Å². The summed E-state index contributed by atoms with van der Waals surface area (Å²) in [6.07, 6.45) is 4.33. The van der Waals surface area contributed by atoms with E-state index in [1.54, 1.807) is 36.4 Å². The van der Waals surface area contributed by atoms with Crippen molar-refractivity contribution >= 4 is 33.0 Å². The van der Waals surface area contributed by atoms with Gasteiger partial charge in [-0.05, 0) is 74.9 Å². The fraction of sp³-hybridized carbons (Fsp3) is 0.455. The number of aryl methyl sites for hydroxylation is 1. The number of anilines is 2. The first kappa shape index (κ1) is 20.7.